The lowest BCUT2D eigenvalue weighted by Gasteiger charge is -2.19. The average Bonchev–Trinajstić information content (AvgIpc) is 2.52. The maximum atomic E-state index is 11.7. The number of amides is 1. The first kappa shape index (κ1) is 17.0. The zero-order valence-electron chi connectivity index (χ0n) is 13.8. The van der Waals surface area contributed by atoms with Crippen LogP contribution < -0.4 is 5.32 Å². The van der Waals surface area contributed by atoms with E-state index in [1.54, 1.807) is 0 Å². The minimum absolute atomic E-state index is 0.0418. The normalized spacial score (nSPS) is 11.1. The minimum Gasteiger partial charge on any atom is -0.444 e. The lowest BCUT2D eigenvalue weighted by atomic mass is 10.0. The van der Waals surface area contributed by atoms with E-state index >= 15 is 0 Å². The van der Waals surface area contributed by atoms with E-state index in [0.717, 1.165) is 22.3 Å². The zero-order chi connectivity index (χ0) is 16.9. The fraction of sp³-hybridized carbons (Fsp3) is 0.316. The highest BCUT2D eigenvalue weighted by Gasteiger charge is 2.15. The molecule has 0 radical (unpaired) electrons. The number of carbonyl (C=O) groups excluding carboxylic acids is 1. The molecular weight excluding hydrogens is 290 g/mol. The number of nitrogens with one attached hydrogen (secondary N) is 1. The van der Waals surface area contributed by atoms with Gasteiger partial charge >= 0.3 is 6.09 Å². The van der Waals surface area contributed by atoms with Crippen molar-refractivity contribution in [1.82, 2.24) is 5.32 Å². The molecule has 0 aliphatic rings. The van der Waals surface area contributed by atoms with Crippen LogP contribution >= 0.6 is 0 Å². The third kappa shape index (κ3) is 5.42. The molecule has 4 nitrogen and oxygen atoms in total. The van der Waals surface area contributed by atoms with E-state index in [4.69, 9.17) is 9.84 Å². The predicted molar refractivity (Wildman–Crippen MR) is 90.9 cm³/mol. The number of rotatable bonds is 4. The second kappa shape index (κ2) is 7.29. The Morgan fingerprint density at radius 2 is 1.74 bits per heavy atom. The van der Waals surface area contributed by atoms with Crippen LogP contribution in [0.3, 0.4) is 0 Å². The Hall–Kier alpha value is -2.33. The zero-order valence-corrected chi connectivity index (χ0v) is 13.8. The molecule has 0 aliphatic heterocycles. The van der Waals surface area contributed by atoms with Crippen molar-refractivity contribution in [3.63, 3.8) is 0 Å². The van der Waals surface area contributed by atoms with Crippen molar-refractivity contribution in [3.8, 4) is 11.1 Å². The third-order valence-corrected chi connectivity index (χ3v) is 3.23. The van der Waals surface area contributed by atoms with Crippen LogP contribution in [-0.2, 0) is 17.9 Å². The number of benzene rings is 2. The number of aliphatic hydroxyl groups excluding tert-OH is 1. The topological polar surface area (TPSA) is 58.6 Å². The van der Waals surface area contributed by atoms with Crippen molar-refractivity contribution < 1.29 is 14.6 Å². The van der Waals surface area contributed by atoms with Crippen molar-refractivity contribution in [2.75, 3.05) is 0 Å². The van der Waals surface area contributed by atoms with E-state index < -0.39 is 11.7 Å². The van der Waals surface area contributed by atoms with E-state index in [1.165, 1.54) is 0 Å². The molecule has 2 aromatic rings. The second-order valence-corrected chi connectivity index (χ2v) is 6.41. The van der Waals surface area contributed by atoms with Crippen molar-refractivity contribution >= 4 is 6.09 Å². The molecule has 1 amide bonds. The third-order valence-electron chi connectivity index (χ3n) is 3.23. The highest BCUT2D eigenvalue weighted by molar-refractivity contribution is 5.68. The molecule has 0 aliphatic carbocycles. The van der Waals surface area contributed by atoms with Gasteiger partial charge < -0.3 is 15.2 Å². The van der Waals surface area contributed by atoms with Gasteiger partial charge in [0.2, 0.25) is 0 Å². The summed E-state index contributed by atoms with van der Waals surface area (Å²) in [6, 6.07) is 15.7. The van der Waals surface area contributed by atoms with Crippen LogP contribution in [0.5, 0.6) is 0 Å². The molecule has 0 unspecified atom stereocenters. The molecule has 122 valence electrons. The highest BCUT2D eigenvalue weighted by atomic mass is 16.6. The van der Waals surface area contributed by atoms with E-state index in [0.29, 0.717) is 6.54 Å². The van der Waals surface area contributed by atoms with Crippen LogP contribution in [0.25, 0.3) is 11.1 Å². The molecule has 0 aromatic heterocycles. The Balaban J connectivity index is 2.03. The molecule has 0 bridgehead atoms. The summed E-state index contributed by atoms with van der Waals surface area (Å²) in [6.45, 7) is 5.97. The standard InChI is InChI=1S/C19H23NO3/c1-19(2,3)23-18(22)20-12-15-5-4-6-17(11-15)16-9-7-14(13-21)8-10-16/h4-11,21H,12-13H2,1-3H3,(H,20,22). The maximum absolute atomic E-state index is 11.7. The lowest BCUT2D eigenvalue weighted by Crippen LogP contribution is -2.32. The summed E-state index contributed by atoms with van der Waals surface area (Å²) >= 11 is 0. The lowest BCUT2D eigenvalue weighted by molar-refractivity contribution is 0.0523. The number of alkyl carbamates (subject to hydrolysis) is 1. The van der Waals surface area contributed by atoms with Crippen LogP contribution in [0.2, 0.25) is 0 Å². The number of aliphatic hydroxyl groups is 1. The first-order chi connectivity index (χ1) is 10.9. The number of ether oxygens (including phenoxy) is 1. The number of hydrogen-bond acceptors (Lipinski definition) is 3. The second-order valence-electron chi connectivity index (χ2n) is 6.41. The van der Waals surface area contributed by atoms with Crippen molar-refractivity contribution in [2.24, 2.45) is 0 Å². The van der Waals surface area contributed by atoms with Crippen LogP contribution in [0.1, 0.15) is 31.9 Å². The van der Waals surface area contributed by atoms with Gasteiger partial charge in [0.1, 0.15) is 5.60 Å². The fourth-order valence-corrected chi connectivity index (χ4v) is 2.15. The minimum atomic E-state index is -0.500. The largest absolute Gasteiger partial charge is 0.444 e. The molecule has 0 fully saturated rings. The summed E-state index contributed by atoms with van der Waals surface area (Å²) in [5.74, 6) is 0. The molecule has 2 rings (SSSR count). The Kier molecular flexibility index (Phi) is 5.40. The van der Waals surface area contributed by atoms with E-state index in [2.05, 4.69) is 5.32 Å². The monoisotopic (exact) mass is 313 g/mol. The van der Waals surface area contributed by atoms with Gasteiger partial charge in [-0.15, -0.1) is 0 Å². The Morgan fingerprint density at radius 3 is 2.35 bits per heavy atom. The average molecular weight is 313 g/mol. The molecule has 2 aromatic carbocycles. The van der Waals surface area contributed by atoms with Crippen molar-refractivity contribution in [2.45, 2.75) is 39.5 Å². The number of hydrogen-bond donors (Lipinski definition) is 2. The summed E-state index contributed by atoms with van der Waals surface area (Å²) in [7, 11) is 0. The van der Waals surface area contributed by atoms with E-state index in [1.807, 2.05) is 69.3 Å². The molecule has 23 heavy (non-hydrogen) atoms. The Morgan fingerprint density at radius 1 is 1.04 bits per heavy atom. The van der Waals surface area contributed by atoms with Crippen molar-refractivity contribution in [3.05, 3.63) is 59.7 Å². The molecule has 0 heterocycles. The van der Waals surface area contributed by atoms with Gasteiger partial charge in [-0.05, 0) is 49.1 Å². The molecular formula is C19H23NO3. The molecule has 2 N–H and O–H groups in total. The van der Waals surface area contributed by atoms with Crippen LogP contribution in [-0.4, -0.2) is 16.8 Å². The molecule has 0 saturated carbocycles. The quantitative estimate of drug-likeness (QED) is 0.901. The van der Waals surface area contributed by atoms with Crippen LogP contribution in [0.15, 0.2) is 48.5 Å². The van der Waals surface area contributed by atoms with Crippen molar-refractivity contribution in [1.29, 1.82) is 0 Å². The van der Waals surface area contributed by atoms with Gasteiger partial charge in [0.15, 0.2) is 0 Å². The fourth-order valence-electron chi connectivity index (χ4n) is 2.15. The first-order valence-electron chi connectivity index (χ1n) is 7.63. The van der Waals surface area contributed by atoms with Gasteiger partial charge in [-0.1, -0.05) is 42.5 Å². The van der Waals surface area contributed by atoms with Gasteiger partial charge in [0.05, 0.1) is 6.61 Å². The van der Waals surface area contributed by atoms with E-state index in [9.17, 15) is 4.79 Å². The van der Waals surface area contributed by atoms with Gasteiger partial charge in [0.25, 0.3) is 0 Å². The highest BCUT2D eigenvalue weighted by Crippen LogP contribution is 2.21. The number of carbonyl (C=O) groups is 1. The van der Waals surface area contributed by atoms with Crippen LogP contribution in [0, 0.1) is 0 Å². The van der Waals surface area contributed by atoms with Gasteiger partial charge in [-0.3, -0.25) is 0 Å². The Labute approximate surface area is 137 Å². The van der Waals surface area contributed by atoms with Gasteiger partial charge in [-0.25, -0.2) is 4.79 Å². The van der Waals surface area contributed by atoms with Gasteiger partial charge in [-0.2, -0.15) is 0 Å². The summed E-state index contributed by atoms with van der Waals surface area (Å²) in [5.41, 5.74) is 3.52. The predicted octanol–water partition coefficient (Wildman–Crippen LogP) is 3.87. The van der Waals surface area contributed by atoms with Crippen LogP contribution in [0.4, 0.5) is 4.79 Å². The summed E-state index contributed by atoms with van der Waals surface area (Å²) in [4.78, 5) is 11.7. The molecule has 0 atom stereocenters. The van der Waals surface area contributed by atoms with Gasteiger partial charge in [0, 0.05) is 6.54 Å². The summed E-state index contributed by atoms with van der Waals surface area (Å²) in [6.07, 6.45) is -0.421. The SMILES string of the molecule is CC(C)(C)OC(=O)NCc1cccc(-c2ccc(CO)cc2)c1. The summed E-state index contributed by atoms with van der Waals surface area (Å²) < 4.78 is 5.23. The van der Waals surface area contributed by atoms with E-state index in [-0.39, 0.29) is 6.61 Å². The Bertz CT molecular complexity index is 657. The molecule has 4 heteroatoms. The maximum Gasteiger partial charge on any atom is 0.407 e. The first-order valence-corrected chi connectivity index (χ1v) is 7.63. The smallest absolute Gasteiger partial charge is 0.407 e. The molecule has 0 spiro atoms. The molecule has 0 saturated heterocycles. The summed E-state index contributed by atoms with van der Waals surface area (Å²) in [5, 5.41) is 11.9.